The van der Waals surface area contributed by atoms with Crippen LogP contribution in [0.15, 0.2) is 235 Å². The van der Waals surface area contributed by atoms with Crippen LogP contribution in [0, 0.1) is 13.8 Å². The van der Waals surface area contributed by atoms with Gasteiger partial charge in [-0.05, 0) is 162 Å². The first-order chi connectivity index (χ1) is 30.7. The molecule has 0 spiro atoms. The number of para-hydroxylation sites is 3. The van der Waals surface area contributed by atoms with Crippen LogP contribution in [0.3, 0.4) is 0 Å². The van der Waals surface area contributed by atoms with Gasteiger partial charge in [-0.2, -0.15) is 0 Å². The number of nitrogens with zero attached hydrogens (tertiary/aromatic N) is 4. The SMILES string of the molecule is CC1=CC(C)(N(C2=CCC(N(c3ccc(N(c4ccccc4)c4cccc(C)c4)cc3)C3(C)C=CC(N(c4ccccc4)c4cccc(C)c4)=CC3)C=C2)c2ccccc2)CC=C1. The summed E-state index contributed by atoms with van der Waals surface area (Å²) >= 11 is 0. The summed E-state index contributed by atoms with van der Waals surface area (Å²) in [7, 11) is 0. The van der Waals surface area contributed by atoms with Crippen LogP contribution < -0.4 is 19.6 Å². The third-order valence-corrected chi connectivity index (χ3v) is 12.7. The lowest BCUT2D eigenvalue weighted by molar-refractivity contribution is 0.474. The molecule has 3 aliphatic rings. The van der Waals surface area contributed by atoms with Gasteiger partial charge in [0.05, 0.1) is 17.1 Å². The molecular formula is C59H58N4. The topological polar surface area (TPSA) is 13.0 Å². The maximum atomic E-state index is 2.66. The third kappa shape index (κ3) is 8.72. The summed E-state index contributed by atoms with van der Waals surface area (Å²) in [5.41, 5.74) is 13.8. The van der Waals surface area contributed by atoms with Crippen molar-refractivity contribution in [2.24, 2.45) is 0 Å². The maximum Gasteiger partial charge on any atom is 0.0645 e. The van der Waals surface area contributed by atoms with E-state index in [1.165, 1.54) is 39.5 Å². The highest BCUT2D eigenvalue weighted by Crippen LogP contribution is 2.43. The summed E-state index contributed by atoms with van der Waals surface area (Å²) < 4.78 is 0. The van der Waals surface area contributed by atoms with E-state index >= 15 is 0 Å². The van der Waals surface area contributed by atoms with Gasteiger partial charge in [0.2, 0.25) is 0 Å². The highest BCUT2D eigenvalue weighted by Gasteiger charge is 2.38. The molecule has 6 aromatic carbocycles. The molecule has 3 unspecified atom stereocenters. The minimum atomic E-state index is -0.324. The molecule has 0 aliphatic heterocycles. The smallest absolute Gasteiger partial charge is 0.0645 e. The molecule has 0 heterocycles. The van der Waals surface area contributed by atoms with Crippen molar-refractivity contribution >= 4 is 39.8 Å². The van der Waals surface area contributed by atoms with Gasteiger partial charge in [0.1, 0.15) is 0 Å². The van der Waals surface area contributed by atoms with Gasteiger partial charge in [-0.3, -0.25) is 0 Å². The summed E-state index contributed by atoms with van der Waals surface area (Å²) in [6, 6.07) is 59.2. The molecule has 9 rings (SSSR count). The zero-order valence-electron chi connectivity index (χ0n) is 37.3. The average Bonchev–Trinajstić information content (AvgIpc) is 3.30. The van der Waals surface area contributed by atoms with Gasteiger partial charge in [0.25, 0.3) is 0 Å². The first-order valence-electron chi connectivity index (χ1n) is 22.4. The minimum Gasteiger partial charge on any atom is -0.356 e. The summed E-state index contributed by atoms with van der Waals surface area (Å²) in [6.07, 6.45) is 24.1. The Bertz CT molecular complexity index is 2730. The zero-order chi connectivity index (χ0) is 43.4. The fourth-order valence-electron chi connectivity index (χ4n) is 9.77. The van der Waals surface area contributed by atoms with E-state index in [0.29, 0.717) is 0 Å². The second-order valence-corrected chi connectivity index (χ2v) is 17.7. The Morgan fingerprint density at radius 3 is 1.54 bits per heavy atom. The summed E-state index contributed by atoms with van der Waals surface area (Å²) in [4.78, 5) is 9.94. The Morgan fingerprint density at radius 2 is 1.00 bits per heavy atom. The van der Waals surface area contributed by atoms with Crippen molar-refractivity contribution < 1.29 is 0 Å². The number of rotatable bonds is 12. The minimum absolute atomic E-state index is 0.113. The molecule has 3 aliphatic carbocycles. The van der Waals surface area contributed by atoms with E-state index in [9.17, 15) is 0 Å². The number of allylic oxidation sites excluding steroid dienone is 4. The number of hydrogen-bond acceptors (Lipinski definition) is 4. The van der Waals surface area contributed by atoms with Crippen LogP contribution in [0.4, 0.5) is 39.8 Å². The van der Waals surface area contributed by atoms with E-state index in [1.807, 2.05) is 0 Å². The Morgan fingerprint density at radius 1 is 0.460 bits per heavy atom. The van der Waals surface area contributed by atoms with Gasteiger partial charge in [0.15, 0.2) is 0 Å². The maximum absolute atomic E-state index is 2.66. The van der Waals surface area contributed by atoms with Crippen molar-refractivity contribution in [3.63, 3.8) is 0 Å². The van der Waals surface area contributed by atoms with E-state index in [0.717, 1.165) is 47.7 Å². The molecule has 0 fully saturated rings. The number of anilines is 7. The van der Waals surface area contributed by atoms with Crippen molar-refractivity contribution in [2.75, 3.05) is 19.6 Å². The van der Waals surface area contributed by atoms with Crippen molar-refractivity contribution in [3.8, 4) is 0 Å². The molecule has 0 saturated carbocycles. The molecule has 6 aromatic rings. The Labute approximate surface area is 375 Å². The van der Waals surface area contributed by atoms with Gasteiger partial charge in [-0.25, -0.2) is 0 Å². The molecule has 0 saturated heterocycles. The van der Waals surface area contributed by atoms with Crippen LogP contribution in [0.2, 0.25) is 0 Å². The van der Waals surface area contributed by atoms with Crippen molar-refractivity contribution in [1.29, 1.82) is 0 Å². The van der Waals surface area contributed by atoms with E-state index in [2.05, 4.69) is 273 Å². The molecule has 0 aromatic heterocycles. The Kier molecular flexibility index (Phi) is 11.6. The summed E-state index contributed by atoms with van der Waals surface area (Å²) in [5.74, 6) is 0. The quantitative estimate of drug-likeness (QED) is 0.122. The lowest BCUT2D eigenvalue weighted by Crippen LogP contribution is -2.52. The molecule has 3 atom stereocenters. The van der Waals surface area contributed by atoms with Gasteiger partial charge >= 0.3 is 0 Å². The zero-order valence-corrected chi connectivity index (χ0v) is 37.3. The lowest BCUT2D eigenvalue weighted by atomic mass is 9.85. The van der Waals surface area contributed by atoms with Crippen molar-refractivity contribution in [3.05, 3.63) is 247 Å². The molecule has 63 heavy (non-hydrogen) atoms. The van der Waals surface area contributed by atoms with E-state index in [1.54, 1.807) is 0 Å². The second kappa shape index (κ2) is 17.7. The van der Waals surface area contributed by atoms with Crippen molar-refractivity contribution in [1.82, 2.24) is 0 Å². The van der Waals surface area contributed by atoms with Crippen molar-refractivity contribution in [2.45, 2.75) is 71.0 Å². The second-order valence-electron chi connectivity index (χ2n) is 17.7. The van der Waals surface area contributed by atoms with Gasteiger partial charge in [0, 0.05) is 51.2 Å². The normalized spacial score (nSPS) is 20.3. The number of hydrogen-bond donors (Lipinski definition) is 0. The molecular weight excluding hydrogens is 765 g/mol. The molecule has 314 valence electrons. The highest BCUT2D eigenvalue weighted by molar-refractivity contribution is 5.78. The monoisotopic (exact) mass is 822 g/mol. The Hall–Kier alpha value is -7.04. The molecule has 0 amide bonds. The third-order valence-electron chi connectivity index (χ3n) is 12.7. The molecule has 4 nitrogen and oxygen atoms in total. The fourth-order valence-corrected chi connectivity index (χ4v) is 9.77. The van der Waals surface area contributed by atoms with Crippen LogP contribution in [-0.4, -0.2) is 17.1 Å². The van der Waals surface area contributed by atoms with Crippen LogP contribution >= 0.6 is 0 Å². The number of benzene rings is 6. The highest BCUT2D eigenvalue weighted by atomic mass is 15.2. The number of aryl methyl sites for hydroxylation is 2. The predicted octanol–water partition coefficient (Wildman–Crippen LogP) is 15.4. The standard InChI is InChI=1S/C59H58N4/c1-45-18-15-27-56(42-45)60(48-21-9-6-10-22-48)50-29-31-53(32-30-50)62(54-33-35-55(36-34-54)63(52-25-13-8-14-26-52)59(5)39-17-20-47(3)44-59)58(4)40-37-51(38-41-58)61(49-23-11-7-12-24-49)57-28-16-19-46(2)43-57/h6-33,35-38,40,42-44,54H,34,39,41H2,1-5H3. The molecule has 4 heteroatoms. The largest absolute Gasteiger partial charge is 0.356 e. The van der Waals surface area contributed by atoms with Gasteiger partial charge < -0.3 is 19.6 Å². The molecule has 0 radical (unpaired) electrons. The first kappa shape index (κ1) is 41.3. The molecule has 0 N–H and O–H groups in total. The van der Waals surface area contributed by atoms with E-state index in [4.69, 9.17) is 0 Å². The molecule has 0 bridgehead atoms. The van der Waals surface area contributed by atoms with Crippen LogP contribution in [0.25, 0.3) is 0 Å². The van der Waals surface area contributed by atoms with Crippen LogP contribution in [0.1, 0.15) is 51.2 Å². The fraction of sp³-hybridized carbons (Fsp3) is 0.186. The van der Waals surface area contributed by atoms with Crippen LogP contribution in [0.5, 0.6) is 0 Å². The van der Waals surface area contributed by atoms with Gasteiger partial charge in [-0.1, -0.05) is 127 Å². The van der Waals surface area contributed by atoms with E-state index in [-0.39, 0.29) is 17.1 Å². The average molecular weight is 823 g/mol. The lowest BCUT2D eigenvalue weighted by Gasteiger charge is -2.48. The Balaban J connectivity index is 1.10. The van der Waals surface area contributed by atoms with E-state index < -0.39 is 0 Å². The first-order valence-corrected chi connectivity index (χ1v) is 22.4. The summed E-state index contributed by atoms with van der Waals surface area (Å²) in [6.45, 7) is 11.3. The summed E-state index contributed by atoms with van der Waals surface area (Å²) in [5, 5.41) is 0. The predicted molar refractivity (Wildman–Crippen MR) is 269 cm³/mol. The van der Waals surface area contributed by atoms with Crippen LogP contribution in [-0.2, 0) is 0 Å². The van der Waals surface area contributed by atoms with Gasteiger partial charge in [-0.15, -0.1) is 0 Å².